The molecule has 0 bridgehead atoms. The van der Waals surface area contributed by atoms with Gasteiger partial charge in [0.25, 0.3) is 0 Å². The van der Waals surface area contributed by atoms with E-state index in [9.17, 15) is 4.79 Å². The van der Waals surface area contributed by atoms with Crippen LogP contribution in [0.5, 0.6) is 0 Å². The maximum absolute atomic E-state index is 12.7. The van der Waals surface area contributed by atoms with Gasteiger partial charge < -0.3 is 0 Å². The fourth-order valence-corrected chi connectivity index (χ4v) is 3.95. The highest BCUT2D eigenvalue weighted by Gasteiger charge is 2.20. The summed E-state index contributed by atoms with van der Waals surface area (Å²) in [5.41, 5.74) is 1.88. The lowest BCUT2D eigenvalue weighted by atomic mass is 9.92. The highest BCUT2D eigenvalue weighted by Crippen LogP contribution is 2.34. The second-order valence-corrected chi connectivity index (χ2v) is 6.50. The number of halogens is 1. The van der Waals surface area contributed by atoms with Gasteiger partial charge in [0.05, 0.1) is 0 Å². The van der Waals surface area contributed by atoms with Crippen molar-refractivity contribution < 1.29 is 4.79 Å². The summed E-state index contributed by atoms with van der Waals surface area (Å²) in [7, 11) is 0. The fourth-order valence-electron chi connectivity index (χ4n) is 2.34. The lowest BCUT2D eigenvalue weighted by Gasteiger charge is -2.10. The van der Waals surface area contributed by atoms with Crippen LogP contribution in [-0.4, -0.2) is 5.78 Å². The highest BCUT2D eigenvalue weighted by atomic mass is 79.9. The average molecular weight is 345 g/mol. The molecule has 0 aliphatic rings. The highest BCUT2D eigenvalue weighted by molar-refractivity contribution is 9.10. The predicted molar refractivity (Wildman–Crippen MR) is 88.7 cm³/mol. The van der Waals surface area contributed by atoms with Gasteiger partial charge in [-0.05, 0) is 27.6 Å². The molecule has 0 fully saturated rings. The fraction of sp³-hybridized carbons (Fsp3) is 0.118. The van der Waals surface area contributed by atoms with Crippen molar-refractivity contribution in [3.63, 3.8) is 0 Å². The van der Waals surface area contributed by atoms with Crippen LogP contribution in [0.2, 0.25) is 0 Å². The third kappa shape index (κ3) is 2.32. The Morgan fingerprint density at radius 2 is 1.85 bits per heavy atom. The Kier molecular flexibility index (Phi) is 3.72. The molecule has 0 spiro atoms. The van der Waals surface area contributed by atoms with Crippen LogP contribution in [0.4, 0.5) is 0 Å². The third-order valence-corrected chi connectivity index (χ3v) is 5.46. The summed E-state index contributed by atoms with van der Waals surface area (Å²) < 4.78 is 2.18. The number of hydrogen-bond acceptors (Lipinski definition) is 2. The summed E-state index contributed by atoms with van der Waals surface area (Å²) in [4.78, 5) is 12.7. The van der Waals surface area contributed by atoms with E-state index in [4.69, 9.17) is 0 Å². The Bertz CT molecular complexity index is 761. The van der Waals surface area contributed by atoms with Gasteiger partial charge in [-0.25, -0.2) is 0 Å². The SMILES string of the molecule is CC(C(=O)c1csc2c(Br)cccc12)c1ccccc1. The molecule has 3 heteroatoms. The van der Waals surface area contributed by atoms with E-state index in [0.717, 1.165) is 25.7 Å². The number of Topliss-reactive ketones (excluding diaryl/α,β-unsaturated/α-hetero) is 1. The van der Waals surface area contributed by atoms with E-state index in [2.05, 4.69) is 15.9 Å². The molecule has 0 saturated carbocycles. The van der Waals surface area contributed by atoms with Crippen molar-refractivity contribution >= 4 is 43.1 Å². The lowest BCUT2D eigenvalue weighted by Crippen LogP contribution is -2.08. The van der Waals surface area contributed by atoms with E-state index in [1.807, 2.05) is 60.8 Å². The first-order chi connectivity index (χ1) is 9.68. The lowest BCUT2D eigenvalue weighted by molar-refractivity contribution is 0.0968. The first-order valence-corrected chi connectivity index (χ1v) is 8.10. The van der Waals surface area contributed by atoms with Gasteiger partial charge in [0.2, 0.25) is 0 Å². The van der Waals surface area contributed by atoms with Gasteiger partial charge in [0.15, 0.2) is 5.78 Å². The molecule has 0 saturated heterocycles. The topological polar surface area (TPSA) is 17.1 Å². The molecule has 0 amide bonds. The molecule has 0 N–H and O–H groups in total. The third-order valence-electron chi connectivity index (χ3n) is 3.51. The number of carbonyl (C=O) groups excluding carboxylic acids is 1. The first kappa shape index (κ1) is 13.5. The van der Waals surface area contributed by atoms with E-state index < -0.39 is 0 Å². The summed E-state index contributed by atoms with van der Waals surface area (Å²) in [5, 5.41) is 3.01. The molecule has 1 heterocycles. The van der Waals surface area contributed by atoms with Crippen LogP contribution < -0.4 is 0 Å². The summed E-state index contributed by atoms with van der Waals surface area (Å²) in [6.07, 6.45) is 0. The van der Waals surface area contributed by atoms with E-state index in [0.29, 0.717) is 0 Å². The molecule has 1 atom stereocenters. The molecule has 1 aromatic heterocycles. The van der Waals surface area contributed by atoms with E-state index in [1.165, 1.54) is 0 Å². The van der Waals surface area contributed by atoms with Crippen molar-refractivity contribution in [2.24, 2.45) is 0 Å². The second-order valence-electron chi connectivity index (χ2n) is 4.76. The van der Waals surface area contributed by atoms with E-state index >= 15 is 0 Å². The quantitative estimate of drug-likeness (QED) is 0.561. The standard InChI is InChI=1S/C17H13BrOS/c1-11(12-6-3-2-4-7-12)16(19)14-10-20-17-13(14)8-5-9-15(17)18/h2-11H,1H3. The molecule has 3 rings (SSSR count). The Morgan fingerprint density at radius 3 is 2.60 bits per heavy atom. The maximum Gasteiger partial charge on any atom is 0.171 e. The van der Waals surface area contributed by atoms with Crippen LogP contribution in [0.15, 0.2) is 58.4 Å². The Hall–Kier alpha value is -1.45. The maximum atomic E-state index is 12.7. The van der Waals surface area contributed by atoms with Gasteiger partial charge in [0, 0.05) is 31.4 Å². The molecule has 1 nitrogen and oxygen atoms in total. The molecular formula is C17H13BrOS. The van der Waals surface area contributed by atoms with Gasteiger partial charge in [-0.3, -0.25) is 4.79 Å². The Morgan fingerprint density at radius 1 is 1.10 bits per heavy atom. The van der Waals surface area contributed by atoms with Gasteiger partial charge in [-0.1, -0.05) is 49.4 Å². The summed E-state index contributed by atoms with van der Waals surface area (Å²) >= 11 is 5.15. The molecule has 0 radical (unpaired) electrons. The zero-order valence-electron chi connectivity index (χ0n) is 11.0. The largest absolute Gasteiger partial charge is 0.293 e. The summed E-state index contributed by atoms with van der Waals surface area (Å²) in [5.74, 6) is 0.0635. The molecule has 0 aliphatic heterocycles. The van der Waals surface area contributed by atoms with Gasteiger partial charge >= 0.3 is 0 Å². The minimum absolute atomic E-state index is 0.118. The van der Waals surface area contributed by atoms with Crippen LogP contribution in [0.3, 0.4) is 0 Å². The van der Waals surface area contributed by atoms with Gasteiger partial charge in [0.1, 0.15) is 0 Å². The zero-order valence-corrected chi connectivity index (χ0v) is 13.4. The summed E-state index contributed by atoms with van der Waals surface area (Å²) in [6.45, 7) is 1.97. The Balaban J connectivity index is 2.03. The van der Waals surface area contributed by atoms with Crippen molar-refractivity contribution in [2.75, 3.05) is 0 Å². The van der Waals surface area contributed by atoms with Crippen LogP contribution in [0.1, 0.15) is 28.8 Å². The molecule has 1 unspecified atom stereocenters. The minimum Gasteiger partial charge on any atom is -0.293 e. The monoisotopic (exact) mass is 344 g/mol. The first-order valence-electron chi connectivity index (χ1n) is 6.43. The molecule has 100 valence electrons. The normalized spacial score (nSPS) is 12.5. The molecular weight excluding hydrogens is 332 g/mol. The number of fused-ring (bicyclic) bond motifs is 1. The number of carbonyl (C=O) groups is 1. The summed E-state index contributed by atoms with van der Waals surface area (Å²) in [6, 6.07) is 15.9. The van der Waals surface area contributed by atoms with Crippen molar-refractivity contribution in [1.29, 1.82) is 0 Å². The van der Waals surface area contributed by atoms with Crippen molar-refractivity contribution in [2.45, 2.75) is 12.8 Å². The van der Waals surface area contributed by atoms with Gasteiger partial charge in [-0.2, -0.15) is 0 Å². The molecule has 3 aromatic rings. The van der Waals surface area contributed by atoms with E-state index in [-0.39, 0.29) is 11.7 Å². The van der Waals surface area contributed by atoms with Gasteiger partial charge in [-0.15, -0.1) is 11.3 Å². The number of hydrogen-bond donors (Lipinski definition) is 0. The smallest absolute Gasteiger partial charge is 0.171 e. The number of ketones is 1. The minimum atomic E-state index is -0.118. The van der Waals surface area contributed by atoms with Crippen molar-refractivity contribution in [3.05, 3.63) is 69.5 Å². The van der Waals surface area contributed by atoms with Crippen LogP contribution >= 0.6 is 27.3 Å². The van der Waals surface area contributed by atoms with Crippen LogP contribution in [0, 0.1) is 0 Å². The van der Waals surface area contributed by atoms with Crippen LogP contribution in [-0.2, 0) is 0 Å². The van der Waals surface area contributed by atoms with Crippen molar-refractivity contribution in [1.82, 2.24) is 0 Å². The van der Waals surface area contributed by atoms with E-state index in [1.54, 1.807) is 11.3 Å². The molecule has 20 heavy (non-hydrogen) atoms. The Labute approximate surface area is 130 Å². The number of rotatable bonds is 3. The number of thiophene rings is 1. The predicted octanol–water partition coefficient (Wildman–Crippen LogP) is 5.65. The zero-order chi connectivity index (χ0) is 14.1. The average Bonchev–Trinajstić information content (AvgIpc) is 2.92. The van der Waals surface area contributed by atoms with Crippen LogP contribution in [0.25, 0.3) is 10.1 Å². The second kappa shape index (κ2) is 5.51. The molecule has 2 aromatic carbocycles. The number of benzene rings is 2. The molecule has 0 aliphatic carbocycles. The van der Waals surface area contributed by atoms with Crippen molar-refractivity contribution in [3.8, 4) is 0 Å².